The number of rotatable bonds is 9. The van der Waals surface area contributed by atoms with Crippen molar-refractivity contribution >= 4 is 17.7 Å². The summed E-state index contributed by atoms with van der Waals surface area (Å²) < 4.78 is 7.24. The number of carbonyl (C=O) groups excluding carboxylic acids is 1. The van der Waals surface area contributed by atoms with E-state index in [1.807, 2.05) is 41.0 Å². The third kappa shape index (κ3) is 5.38. The summed E-state index contributed by atoms with van der Waals surface area (Å²) in [5.74, 6) is 1.82. The molecule has 0 radical (unpaired) electrons. The van der Waals surface area contributed by atoms with Crippen molar-refractivity contribution in [2.24, 2.45) is 0 Å². The molecule has 1 N–H and O–H groups in total. The predicted molar refractivity (Wildman–Crippen MR) is 117 cm³/mol. The van der Waals surface area contributed by atoms with Crippen molar-refractivity contribution in [2.75, 3.05) is 19.4 Å². The summed E-state index contributed by atoms with van der Waals surface area (Å²) >= 11 is 1.39. The fraction of sp³-hybridized carbons (Fsp3) is 0.318. The van der Waals surface area contributed by atoms with Crippen LogP contribution in [0.5, 0.6) is 5.75 Å². The Morgan fingerprint density at radius 1 is 1.10 bits per heavy atom. The highest BCUT2D eigenvalue weighted by atomic mass is 32.2. The first kappa shape index (κ1) is 20.9. The molecule has 0 atom stereocenters. The molecule has 0 aliphatic rings. The van der Waals surface area contributed by atoms with E-state index in [2.05, 4.69) is 41.5 Å². The Balaban J connectivity index is 1.88. The highest BCUT2D eigenvalue weighted by Crippen LogP contribution is 2.29. The van der Waals surface area contributed by atoms with Crippen molar-refractivity contribution in [2.45, 2.75) is 31.8 Å². The van der Waals surface area contributed by atoms with Crippen LogP contribution >= 0.6 is 11.8 Å². The number of aryl methyl sites for hydroxylation is 1. The molecule has 0 saturated heterocycles. The van der Waals surface area contributed by atoms with Gasteiger partial charge in [-0.05, 0) is 49.7 Å². The molecule has 0 bridgehead atoms. The Bertz CT molecular complexity index is 936. The lowest BCUT2D eigenvalue weighted by molar-refractivity contribution is -0.118. The summed E-state index contributed by atoms with van der Waals surface area (Å²) in [5, 5.41) is 12.4. The smallest absolute Gasteiger partial charge is 0.230 e. The van der Waals surface area contributed by atoms with E-state index in [-0.39, 0.29) is 5.91 Å². The zero-order valence-corrected chi connectivity index (χ0v) is 17.8. The third-order valence-corrected chi connectivity index (χ3v) is 5.39. The lowest BCUT2D eigenvalue weighted by atomic mass is 10.2. The average Bonchev–Trinajstić information content (AvgIpc) is 3.17. The van der Waals surface area contributed by atoms with Crippen LogP contribution in [0.1, 0.15) is 25.3 Å². The number of benzene rings is 2. The Morgan fingerprint density at radius 3 is 2.48 bits per heavy atom. The summed E-state index contributed by atoms with van der Waals surface area (Å²) in [5.41, 5.74) is 3.07. The summed E-state index contributed by atoms with van der Waals surface area (Å²) in [6, 6.07) is 15.9. The van der Waals surface area contributed by atoms with Gasteiger partial charge in [0.25, 0.3) is 0 Å². The van der Waals surface area contributed by atoms with E-state index in [1.165, 1.54) is 17.3 Å². The van der Waals surface area contributed by atoms with E-state index in [1.54, 1.807) is 7.11 Å². The maximum absolute atomic E-state index is 12.1. The standard InChI is InChI=1S/C22H26N4O2S/c1-4-5-14-23-20(27)15-29-22-25-24-21(17-8-12-19(28-3)13-9-17)26(22)18-10-6-16(2)7-11-18/h6-13H,4-5,14-15H2,1-3H3,(H,23,27). The Kier molecular flexibility index (Phi) is 7.30. The molecule has 2 aromatic carbocycles. The average molecular weight is 411 g/mol. The molecule has 0 fully saturated rings. The van der Waals surface area contributed by atoms with Crippen molar-refractivity contribution in [3.63, 3.8) is 0 Å². The number of amides is 1. The van der Waals surface area contributed by atoms with Gasteiger partial charge in [0.05, 0.1) is 12.9 Å². The lowest BCUT2D eigenvalue weighted by Crippen LogP contribution is -2.26. The highest BCUT2D eigenvalue weighted by Gasteiger charge is 2.17. The van der Waals surface area contributed by atoms with Gasteiger partial charge in [-0.1, -0.05) is 42.8 Å². The molecule has 1 heterocycles. The highest BCUT2D eigenvalue weighted by molar-refractivity contribution is 7.99. The number of aromatic nitrogens is 3. The van der Waals surface area contributed by atoms with Crippen LogP contribution in [-0.4, -0.2) is 40.1 Å². The number of hydrogen-bond donors (Lipinski definition) is 1. The molecule has 152 valence electrons. The van der Waals surface area contributed by atoms with Gasteiger partial charge in [-0.2, -0.15) is 0 Å². The molecule has 0 unspecified atom stereocenters. The minimum Gasteiger partial charge on any atom is -0.497 e. The Hall–Kier alpha value is -2.80. The van der Waals surface area contributed by atoms with Gasteiger partial charge in [-0.3, -0.25) is 9.36 Å². The molecule has 3 aromatic rings. The molecule has 0 saturated carbocycles. The number of methoxy groups -OCH3 is 1. The second kappa shape index (κ2) is 10.1. The fourth-order valence-electron chi connectivity index (χ4n) is 2.80. The Morgan fingerprint density at radius 2 is 1.83 bits per heavy atom. The molecule has 1 aromatic heterocycles. The van der Waals surface area contributed by atoms with Crippen LogP contribution in [-0.2, 0) is 4.79 Å². The monoisotopic (exact) mass is 410 g/mol. The van der Waals surface area contributed by atoms with Crippen LogP contribution in [0.2, 0.25) is 0 Å². The number of carbonyl (C=O) groups is 1. The van der Waals surface area contributed by atoms with Crippen LogP contribution in [0.25, 0.3) is 17.1 Å². The van der Waals surface area contributed by atoms with Gasteiger partial charge in [0.2, 0.25) is 5.91 Å². The predicted octanol–water partition coefficient (Wildman–Crippen LogP) is 4.26. The van der Waals surface area contributed by atoms with E-state index >= 15 is 0 Å². The molecule has 7 heteroatoms. The summed E-state index contributed by atoms with van der Waals surface area (Å²) in [6.45, 7) is 4.86. The number of nitrogens with one attached hydrogen (secondary N) is 1. The largest absolute Gasteiger partial charge is 0.497 e. The molecule has 0 aliphatic carbocycles. The maximum atomic E-state index is 12.1. The van der Waals surface area contributed by atoms with Gasteiger partial charge < -0.3 is 10.1 Å². The van der Waals surface area contributed by atoms with Gasteiger partial charge >= 0.3 is 0 Å². The molecular weight excluding hydrogens is 384 g/mol. The number of thioether (sulfide) groups is 1. The number of hydrogen-bond acceptors (Lipinski definition) is 5. The zero-order chi connectivity index (χ0) is 20.6. The molecule has 0 aliphatic heterocycles. The topological polar surface area (TPSA) is 69.0 Å². The van der Waals surface area contributed by atoms with Crippen molar-refractivity contribution in [3.05, 3.63) is 54.1 Å². The van der Waals surface area contributed by atoms with Gasteiger partial charge in [-0.25, -0.2) is 0 Å². The first-order valence-corrected chi connectivity index (χ1v) is 10.7. The molecule has 3 rings (SSSR count). The third-order valence-electron chi connectivity index (χ3n) is 4.46. The van der Waals surface area contributed by atoms with Crippen LogP contribution in [0.3, 0.4) is 0 Å². The van der Waals surface area contributed by atoms with Crippen molar-refractivity contribution in [1.82, 2.24) is 20.1 Å². The SMILES string of the molecule is CCCCNC(=O)CSc1nnc(-c2ccc(OC)cc2)n1-c1ccc(C)cc1. The summed E-state index contributed by atoms with van der Waals surface area (Å²) in [4.78, 5) is 12.1. The van der Waals surface area contributed by atoms with Gasteiger partial charge in [0, 0.05) is 17.8 Å². The first-order valence-electron chi connectivity index (χ1n) is 9.68. The molecule has 1 amide bonds. The van der Waals surface area contributed by atoms with Gasteiger partial charge in [0.15, 0.2) is 11.0 Å². The van der Waals surface area contributed by atoms with E-state index < -0.39 is 0 Å². The van der Waals surface area contributed by atoms with Crippen molar-refractivity contribution in [1.29, 1.82) is 0 Å². The van der Waals surface area contributed by atoms with Crippen molar-refractivity contribution in [3.8, 4) is 22.8 Å². The summed E-state index contributed by atoms with van der Waals surface area (Å²) in [7, 11) is 1.64. The van der Waals surface area contributed by atoms with E-state index in [0.717, 1.165) is 35.7 Å². The second-order valence-electron chi connectivity index (χ2n) is 6.70. The first-order chi connectivity index (χ1) is 14.1. The fourth-order valence-corrected chi connectivity index (χ4v) is 3.58. The normalized spacial score (nSPS) is 10.7. The minimum absolute atomic E-state index is 0.00732. The molecule has 6 nitrogen and oxygen atoms in total. The van der Waals surface area contributed by atoms with Crippen LogP contribution in [0.15, 0.2) is 53.7 Å². The quantitative estimate of drug-likeness (QED) is 0.422. The van der Waals surface area contributed by atoms with E-state index in [9.17, 15) is 4.79 Å². The maximum Gasteiger partial charge on any atom is 0.230 e. The number of ether oxygens (including phenoxy) is 1. The van der Waals surface area contributed by atoms with Gasteiger partial charge in [-0.15, -0.1) is 10.2 Å². The van der Waals surface area contributed by atoms with E-state index in [0.29, 0.717) is 17.5 Å². The molecular formula is C22H26N4O2S. The summed E-state index contributed by atoms with van der Waals surface area (Å²) in [6.07, 6.45) is 2.04. The van der Waals surface area contributed by atoms with Crippen LogP contribution in [0, 0.1) is 6.92 Å². The second-order valence-corrected chi connectivity index (χ2v) is 7.64. The lowest BCUT2D eigenvalue weighted by Gasteiger charge is -2.11. The van der Waals surface area contributed by atoms with Crippen molar-refractivity contribution < 1.29 is 9.53 Å². The zero-order valence-electron chi connectivity index (χ0n) is 17.0. The minimum atomic E-state index is 0.00732. The number of unbranched alkanes of at least 4 members (excludes halogenated alkanes) is 1. The Labute approximate surface area is 175 Å². The molecule has 0 spiro atoms. The van der Waals surface area contributed by atoms with Gasteiger partial charge in [0.1, 0.15) is 5.75 Å². The molecule has 29 heavy (non-hydrogen) atoms. The van der Waals surface area contributed by atoms with E-state index in [4.69, 9.17) is 4.74 Å². The van der Waals surface area contributed by atoms with Crippen LogP contribution < -0.4 is 10.1 Å². The number of nitrogens with zero attached hydrogens (tertiary/aromatic N) is 3. The van der Waals surface area contributed by atoms with Crippen LogP contribution in [0.4, 0.5) is 0 Å².